The van der Waals surface area contributed by atoms with Crippen LogP contribution in [0.5, 0.6) is 0 Å². The molecular weight excluding hydrogens is 186 g/mol. The maximum absolute atomic E-state index is 8.03. The fourth-order valence-corrected chi connectivity index (χ4v) is 1.69. The van der Waals surface area contributed by atoms with Crippen molar-refractivity contribution in [2.45, 2.75) is 11.6 Å². The average Bonchev–Trinajstić information content (AvgIpc) is 2.52. The number of thioether (sulfide) groups is 1. The molecule has 0 saturated carbocycles. The first-order valence-corrected chi connectivity index (χ1v) is 4.94. The van der Waals surface area contributed by atoms with Gasteiger partial charge in [0.2, 0.25) is 0 Å². The molecule has 0 atom stereocenters. The topological polar surface area (TPSA) is 66.6 Å². The Kier molecular flexibility index (Phi) is 4.21. The molecule has 5 nitrogen and oxygen atoms in total. The average molecular weight is 197 g/mol. The van der Waals surface area contributed by atoms with Gasteiger partial charge < -0.3 is 4.57 Å². The van der Waals surface area contributed by atoms with Crippen LogP contribution in [0.25, 0.3) is 10.4 Å². The van der Waals surface area contributed by atoms with Gasteiger partial charge in [-0.05, 0) is 12.0 Å². The van der Waals surface area contributed by atoms with Crippen molar-refractivity contribution in [3.8, 4) is 0 Å². The number of aromatic nitrogens is 2. The van der Waals surface area contributed by atoms with Crippen LogP contribution < -0.4 is 0 Å². The summed E-state index contributed by atoms with van der Waals surface area (Å²) in [5.41, 5.74) is 8.03. The highest BCUT2D eigenvalue weighted by molar-refractivity contribution is 7.99. The summed E-state index contributed by atoms with van der Waals surface area (Å²) in [5, 5.41) is 4.45. The minimum Gasteiger partial charge on any atom is -0.329 e. The van der Waals surface area contributed by atoms with E-state index in [0.717, 1.165) is 17.3 Å². The lowest BCUT2D eigenvalue weighted by Gasteiger charge is -1.98. The predicted molar refractivity (Wildman–Crippen MR) is 52.6 cm³/mol. The second-order valence-corrected chi connectivity index (χ2v) is 3.54. The number of hydrogen-bond acceptors (Lipinski definition) is 3. The van der Waals surface area contributed by atoms with E-state index in [2.05, 4.69) is 15.0 Å². The summed E-state index contributed by atoms with van der Waals surface area (Å²) in [6.07, 6.45) is 4.58. The molecule has 0 fully saturated rings. The molecule has 1 aromatic rings. The number of hydrogen-bond donors (Lipinski definition) is 0. The van der Waals surface area contributed by atoms with E-state index >= 15 is 0 Å². The molecule has 0 aliphatic heterocycles. The van der Waals surface area contributed by atoms with Gasteiger partial charge in [-0.3, -0.25) is 0 Å². The molecule has 0 aromatic carbocycles. The molecule has 1 rings (SSSR count). The Bertz CT molecular complexity index is 302. The van der Waals surface area contributed by atoms with Crippen LogP contribution in [-0.4, -0.2) is 21.8 Å². The van der Waals surface area contributed by atoms with Crippen LogP contribution in [0, 0.1) is 0 Å². The Labute approximate surface area is 80.8 Å². The predicted octanol–water partition coefficient (Wildman–Crippen LogP) is 2.21. The Morgan fingerprint density at radius 2 is 2.62 bits per heavy atom. The third-order valence-electron chi connectivity index (χ3n) is 1.47. The molecule has 0 aliphatic carbocycles. The molecule has 0 saturated heterocycles. The van der Waals surface area contributed by atoms with Crippen molar-refractivity contribution in [2.75, 3.05) is 12.3 Å². The van der Waals surface area contributed by atoms with Crippen molar-refractivity contribution in [1.29, 1.82) is 0 Å². The first kappa shape index (κ1) is 9.95. The molecular formula is C7H11N5S. The number of imidazole rings is 1. The standard InChI is InChI=1S/C7H11N5S/c1-12-5-4-9-7(12)13-6-2-3-10-11-8/h4-5H,2-3,6H2,1H3. The lowest BCUT2D eigenvalue weighted by atomic mass is 10.5. The molecule has 70 valence electrons. The lowest BCUT2D eigenvalue weighted by Crippen LogP contribution is -1.91. The molecule has 1 aromatic heterocycles. The highest BCUT2D eigenvalue weighted by Gasteiger charge is 1.97. The Hall–Kier alpha value is -1.13. The van der Waals surface area contributed by atoms with Gasteiger partial charge in [0.25, 0.3) is 0 Å². The van der Waals surface area contributed by atoms with E-state index in [1.54, 1.807) is 18.0 Å². The van der Waals surface area contributed by atoms with Crippen molar-refractivity contribution in [2.24, 2.45) is 12.2 Å². The highest BCUT2D eigenvalue weighted by atomic mass is 32.2. The van der Waals surface area contributed by atoms with Crippen molar-refractivity contribution in [3.63, 3.8) is 0 Å². The van der Waals surface area contributed by atoms with Crippen LogP contribution in [0.4, 0.5) is 0 Å². The number of aryl methyl sites for hydroxylation is 1. The van der Waals surface area contributed by atoms with Gasteiger partial charge in [-0.1, -0.05) is 16.9 Å². The van der Waals surface area contributed by atoms with E-state index in [1.165, 1.54) is 0 Å². The van der Waals surface area contributed by atoms with Crippen LogP contribution in [0.1, 0.15) is 6.42 Å². The first-order valence-electron chi connectivity index (χ1n) is 3.95. The van der Waals surface area contributed by atoms with Gasteiger partial charge in [0.15, 0.2) is 5.16 Å². The van der Waals surface area contributed by atoms with Gasteiger partial charge in [-0.15, -0.1) is 0 Å². The third-order valence-corrected chi connectivity index (χ3v) is 2.62. The second kappa shape index (κ2) is 5.50. The second-order valence-electron chi connectivity index (χ2n) is 2.48. The molecule has 0 aliphatic rings. The van der Waals surface area contributed by atoms with Crippen LogP contribution in [-0.2, 0) is 7.05 Å². The molecule has 1 heterocycles. The smallest absolute Gasteiger partial charge is 0.167 e. The van der Waals surface area contributed by atoms with Crippen molar-refractivity contribution < 1.29 is 0 Å². The third kappa shape index (κ3) is 3.40. The van der Waals surface area contributed by atoms with Crippen molar-refractivity contribution >= 4 is 11.8 Å². The number of rotatable bonds is 5. The summed E-state index contributed by atoms with van der Waals surface area (Å²) < 4.78 is 1.97. The summed E-state index contributed by atoms with van der Waals surface area (Å²) in [4.78, 5) is 6.84. The quantitative estimate of drug-likeness (QED) is 0.239. The van der Waals surface area contributed by atoms with E-state index in [4.69, 9.17) is 5.53 Å². The van der Waals surface area contributed by atoms with E-state index in [-0.39, 0.29) is 0 Å². The minimum atomic E-state index is 0.563. The zero-order chi connectivity index (χ0) is 9.52. The summed E-state index contributed by atoms with van der Waals surface area (Å²) >= 11 is 1.67. The van der Waals surface area contributed by atoms with Crippen LogP contribution in [0.2, 0.25) is 0 Å². The summed E-state index contributed by atoms with van der Waals surface area (Å²) in [5.74, 6) is 0.934. The fourth-order valence-electron chi connectivity index (χ4n) is 0.834. The summed E-state index contributed by atoms with van der Waals surface area (Å²) in [6, 6.07) is 0. The SMILES string of the molecule is Cn1ccnc1SCCCN=[N+]=[N-]. The molecule has 13 heavy (non-hydrogen) atoms. The number of azide groups is 1. The Balaban J connectivity index is 2.20. The summed E-state index contributed by atoms with van der Waals surface area (Å²) in [7, 11) is 1.96. The van der Waals surface area contributed by atoms with E-state index in [9.17, 15) is 0 Å². The normalized spacial score (nSPS) is 9.62. The molecule has 0 N–H and O–H groups in total. The molecule has 0 spiro atoms. The van der Waals surface area contributed by atoms with Gasteiger partial charge >= 0.3 is 0 Å². The van der Waals surface area contributed by atoms with Gasteiger partial charge in [-0.2, -0.15) is 0 Å². The van der Waals surface area contributed by atoms with Crippen LogP contribution in [0.15, 0.2) is 22.7 Å². The van der Waals surface area contributed by atoms with Crippen LogP contribution >= 0.6 is 11.8 Å². The van der Waals surface area contributed by atoms with E-state index < -0.39 is 0 Å². The van der Waals surface area contributed by atoms with E-state index in [1.807, 2.05) is 17.8 Å². The zero-order valence-electron chi connectivity index (χ0n) is 7.42. The van der Waals surface area contributed by atoms with Gasteiger partial charge in [-0.25, -0.2) is 4.98 Å². The maximum atomic E-state index is 8.03. The number of nitrogens with zero attached hydrogens (tertiary/aromatic N) is 5. The molecule has 6 heteroatoms. The van der Waals surface area contributed by atoms with Gasteiger partial charge in [0.05, 0.1) is 0 Å². The van der Waals surface area contributed by atoms with Gasteiger partial charge in [0, 0.05) is 36.7 Å². The largest absolute Gasteiger partial charge is 0.329 e. The monoisotopic (exact) mass is 197 g/mol. The lowest BCUT2D eigenvalue weighted by molar-refractivity contribution is 0.788. The summed E-state index contributed by atoms with van der Waals surface area (Å²) in [6.45, 7) is 0.563. The molecule has 0 unspecified atom stereocenters. The Morgan fingerprint density at radius 1 is 1.77 bits per heavy atom. The Morgan fingerprint density at radius 3 is 3.23 bits per heavy atom. The molecule has 0 amide bonds. The van der Waals surface area contributed by atoms with Crippen LogP contribution in [0.3, 0.4) is 0 Å². The maximum Gasteiger partial charge on any atom is 0.167 e. The fraction of sp³-hybridized carbons (Fsp3) is 0.571. The molecule has 0 bridgehead atoms. The highest BCUT2D eigenvalue weighted by Crippen LogP contribution is 2.14. The minimum absolute atomic E-state index is 0.563. The van der Waals surface area contributed by atoms with Crippen molar-refractivity contribution in [3.05, 3.63) is 22.8 Å². The molecule has 0 radical (unpaired) electrons. The van der Waals surface area contributed by atoms with Gasteiger partial charge in [0.1, 0.15) is 0 Å². The van der Waals surface area contributed by atoms with Crippen molar-refractivity contribution in [1.82, 2.24) is 9.55 Å². The van der Waals surface area contributed by atoms with E-state index in [0.29, 0.717) is 6.54 Å². The first-order chi connectivity index (χ1) is 6.34. The zero-order valence-corrected chi connectivity index (χ0v) is 8.24.